The van der Waals surface area contributed by atoms with E-state index in [0.717, 1.165) is 0 Å². The average Bonchev–Trinajstić information content (AvgIpc) is 2.84. The van der Waals surface area contributed by atoms with Crippen molar-refractivity contribution in [1.82, 2.24) is 5.32 Å². The van der Waals surface area contributed by atoms with Crippen LogP contribution in [0.2, 0.25) is 0 Å². The van der Waals surface area contributed by atoms with Crippen LogP contribution in [0.4, 0.5) is 0 Å². The lowest BCUT2D eigenvalue weighted by Gasteiger charge is -2.40. The molecule has 35 heavy (non-hydrogen) atoms. The Morgan fingerprint density at radius 1 is 0.886 bits per heavy atom. The summed E-state index contributed by atoms with van der Waals surface area (Å²) in [4.78, 5) is 52.1. The van der Waals surface area contributed by atoms with Crippen LogP contribution in [-0.2, 0) is 11.2 Å². The van der Waals surface area contributed by atoms with Crippen LogP contribution in [0.3, 0.4) is 0 Å². The predicted molar refractivity (Wildman–Crippen MR) is 124 cm³/mol. The molecule has 0 fully saturated rings. The van der Waals surface area contributed by atoms with E-state index in [1.165, 1.54) is 19.1 Å². The van der Waals surface area contributed by atoms with Gasteiger partial charge in [0.2, 0.25) is 0 Å². The summed E-state index contributed by atoms with van der Waals surface area (Å²) in [7, 11) is 0. The van der Waals surface area contributed by atoms with E-state index in [1.807, 2.05) is 0 Å². The maximum Gasteiger partial charge on any atom is 0.252 e. The number of fused-ring (bicyclic) bond motifs is 3. The molecule has 2 aliphatic rings. The number of phenolic OH excluding ortho intramolecular Hbond substituents is 2. The van der Waals surface area contributed by atoms with Crippen LogP contribution in [-0.4, -0.2) is 44.1 Å². The number of carbonyl (C=O) groups is 4. The van der Waals surface area contributed by atoms with Gasteiger partial charge in [0.1, 0.15) is 17.0 Å². The minimum absolute atomic E-state index is 0.0657. The third-order valence-electron chi connectivity index (χ3n) is 6.88. The molecule has 2 atom stereocenters. The van der Waals surface area contributed by atoms with Crippen LogP contribution in [0.15, 0.2) is 54.6 Å². The molecule has 3 aromatic rings. The van der Waals surface area contributed by atoms with Gasteiger partial charge in [0.05, 0.1) is 17.2 Å². The monoisotopic (exact) mass is 471 g/mol. The number of hydrogen-bond acceptors (Lipinski definition) is 7. The zero-order chi connectivity index (χ0) is 25.1. The van der Waals surface area contributed by atoms with Gasteiger partial charge in [-0.05, 0) is 19.1 Å². The summed E-state index contributed by atoms with van der Waals surface area (Å²) in [5.74, 6) is -3.56. The SMILES string of the molecule is CC(=O)C1(NC(=O)c2ccccc2)Cc2c(O)c3c(c(O)c2C(O)C1)C(=O)c1ccccc1C3=O. The second-order valence-electron chi connectivity index (χ2n) is 8.90. The number of hydrogen-bond donors (Lipinski definition) is 4. The van der Waals surface area contributed by atoms with Crippen LogP contribution in [0.25, 0.3) is 0 Å². The van der Waals surface area contributed by atoms with Crippen LogP contribution in [0, 0.1) is 0 Å². The van der Waals surface area contributed by atoms with Gasteiger partial charge in [-0.3, -0.25) is 19.2 Å². The summed E-state index contributed by atoms with van der Waals surface area (Å²) in [6.45, 7) is 1.25. The summed E-state index contributed by atoms with van der Waals surface area (Å²) in [6, 6.07) is 14.2. The fourth-order valence-electron chi connectivity index (χ4n) is 5.06. The summed E-state index contributed by atoms with van der Waals surface area (Å²) in [6.07, 6.45) is -2.09. The number of carbonyl (C=O) groups excluding carboxylic acids is 4. The molecule has 4 N–H and O–H groups in total. The number of rotatable bonds is 3. The van der Waals surface area contributed by atoms with Crippen molar-refractivity contribution in [2.75, 3.05) is 0 Å². The van der Waals surface area contributed by atoms with E-state index in [0.29, 0.717) is 5.56 Å². The maximum atomic E-state index is 13.2. The zero-order valence-electron chi connectivity index (χ0n) is 18.7. The third-order valence-corrected chi connectivity index (χ3v) is 6.88. The molecule has 0 radical (unpaired) electrons. The molecule has 0 saturated carbocycles. The van der Waals surface area contributed by atoms with Gasteiger partial charge >= 0.3 is 0 Å². The summed E-state index contributed by atoms with van der Waals surface area (Å²) in [5, 5.41) is 35.9. The van der Waals surface area contributed by atoms with Crippen molar-refractivity contribution in [2.45, 2.75) is 31.4 Å². The van der Waals surface area contributed by atoms with Crippen molar-refractivity contribution < 1.29 is 34.5 Å². The molecule has 0 heterocycles. The van der Waals surface area contributed by atoms with Gasteiger partial charge in [-0.1, -0.05) is 42.5 Å². The van der Waals surface area contributed by atoms with Gasteiger partial charge in [0.25, 0.3) is 5.91 Å². The first-order chi connectivity index (χ1) is 16.7. The molecule has 8 heteroatoms. The lowest BCUT2D eigenvalue weighted by molar-refractivity contribution is -0.124. The Morgan fingerprint density at radius 3 is 2.00 bits per heavy atom. The molecule has 5 rings (SSSR count). The lowest BCUT2D eigenvalue weighted by atomic mass is 9.70. The molecule has 0 bridgehead atoms. The molecular weight excluding hydrogens is 450 g/mol. The highest BCUT2D eigenvalue weighted by Gasteiger charge is 2.48. The van der Waals surface area contributed by atoms with Crippen molar-refractivity contribution in [1.29, 1.82) is 0 Å². The van der Waals surface area contributed by atoms with E-state index in [4.69, 9.17) is 0 Å². The highest BCUT2D eigenvalue weighted by atomic mass is 16.3. The number of ketones is 3. The largest absolute Gasteiger partial charge is 0.507 e. The Labute approximate surface area is 199 Å². The molecule has 8 nitrogen and oxygen atoms in total. The lowest BCUT2D eigenvalue weighted by Crippen LogP contribution is -2.57. The molecule has 0 aliphatic heterocycles. The molecule has 2 unspecified atom stereocenters. The average molecular weight is 471 g/mol. The predicted octanol–water partition coefficient (Wildman–Crippen LogP) is 2.61. The second kappa shape index (κ2) is 7.89. The summed E-state index contributed by atoms with van der Waals surface area (Å²) < 4.78 is 0. The molecule has 2 aliphatic carbocycles. The number of phenols is 2. The van der Waals surface area contributed by atoms with Gasteiger partial charge in [-0.2, -0.15) is 0 Å². The fraction of sp³-hybridized carbons (Fsp3) is 0.185. The van der Waals surface area contributed by atoms with Crippen molar-refractivity contribution >= 4 is 23.3 Å². The van der Waals surface area contributed by atoms with Crippen molar-refractivity contribution in [3.05, 3.63) is 93.5 Å². The van der Waals surface area contributed by atoms with E-state index >= 15 is 0 Å². The van der Waals surface area contributed by atoms with Crippen LogP contribution in [0.1, 0.15) is 72.8 Å². The molecule has 3 aromatic carbocycles. The number of aliphatic hydroxyl groups is 1. The molecule has 0 aromatic heterocycles. The Hall–Kier alpha value is -4.30. The first-order valence-electron chi connectivity index (χ1n) is 11.0. The number of aromatic hydroxyl groups is 2. The third kappa shape index (κ3) is 3.25. The van der Waals surface area contributed by atoms with Crippen molar-refractivity contribution in [3.63, 3.8) is 0 Å². The number of benzene rings is 3. The van der Waals surface area contributed by atoms with E-state index in [2.05, 4.69) is 5.32 Å². The highest BCUT2D eigenvalue weighted by molar-refractivity contribution is 6.30. The number of Topliss-reactive ketones (excluding diaryl/α,β-unsaturated/α-hetero) is 1. The van der Waals surface area contributed by atoms with Gasteiger partial charge in [-0.25, -0.2) is 0 Å². The van der Waals surface area contributed by atoms with Crippen LogP contribution >= 0.6 is 0 Å². The molecular formula is C27H21NO7. The van der Waals surface area contributed by atoms with Gasteiger partial charge < -0.3 is 20.6 Å². The first kappa shape index (κ1) is 22.5. The van der Waals surface area contributed by atoms with E-state index in [-0.39, 0.29) is 46.2 Å². The smallest absolute Gasteiger partial charge is 0.252 e. The van der Waals surface area contributed by atoms with Crippen molar-refractivity contribution in [2.24, 2.45) is 0 Å². The summed E-state index contributed by atoms with van der Waals surface area (Å²) in [5.41, 5.74) is -2.13. The van der Waals surface area contributed by atoms with Gasteiger partial charge in [0, 0.05) is 40.7 Å². The molecule has 1 amide bonds. The number of aliphatic hydroxyl groups excluding tert-OH is 1. The van der Waals surface area contributed by atoms with Gasteiger partial charge in [-0.15, -0.1) is 0 Å². The standard InChI is InChI=1S/C27H21NO7/c1-13(29)27(28-26(35)14-7-3-2-4-8-14)11-17-19(18(30)12-27)25(34)21-20(24(17)33)22(31)15-9-5-6-10-16(15)23(21)32/h2-10,18,30,33-34H,11-12H2,1H3,(H,28,35). The summed E-state index contributed by atoms with van der Waals surface area (Å²) >= 11 is 0. The minimum Gasteiger partial charge on any atom is -0.507 e. The second-order valence-corrected chi connectivity index (χ2v) is 8.90. The normalized spacial score (nSPS) is 20.5. The van der Waals surface area contributed by atoms with E-state index in [9.17, 15) is 34.5 Å². The maximum absolute atomic E-state index is 13.2. The topological polar surface area (TPSA) is 141 Å². The minimum atomic E-state index is -1.61. The molecule has 0 saturated heterocycles. The van der Waals surface area contributed by atoms with Gasteiger partial charge in [0.15, 0.2) is 17.3 Å². The van der Waals surface area contributed by atoms with Crippen LogP contribution < -0.4 is 5.32 Å². The quantitative estimate of drug-likeness (QED) is 0.337. The Balaban J connectivity index is 1.66. The molecule has 0 spiro atoms. The Morgan fingerprint density at radius 2 is 1.43 bits per heavy atom. The zero-order valence-corrected chi connectivity index (χ0v) is 18.7. The fourth-order valence-corrected chi connectivity index (χ4v) is 5.06. The Bertz CT molecular complexity index is 1440. The number of nitrogens with one attached hydrogen (secondary N) is 1. The van der Waals surface area contributed by atoms with E-state index in [1.54, 1.807) is 42.5 Å². The van der Waals surface area contributed by atoms with Crippen LogP contribution in [0.5, 0.6) is 11.5 Å². The Kier molecular flexibility index (Phi) is 5.07. The van der Waals surface area contributed by atoms with Crippen molar-refractivity contribution in [3.8, 4) is 11.5 Å². The molecule has 176 valence electrons. The first-order valence-corrected chi connectivity index (χ1v) is 11.0. The highest BCUT2D eigenvalue weighted by Crippen LogP contribution is 2.50. The number of amides is 1. The van der Waals surface area contributed by atoms with E-state index < -0.39 is 46.4 Å².